The molecule has 0 heterocycles. The monoisotopic (exact) mass is 419 g/mol. The summed E-state index contributed by atoms with van der Waals surface area (Å²) in [6, 6.07) is 10.0. The molecule has 0 aliphatic rings. The highest BCUT2D eigenvalue weighted by Gasteiger charge is 2.08. The molecule has 0 bridgehead atoms. The summed E-state index contributed by atoms with van der Waals surface area (Å²) in [4.78, 5) is 23.8. The fraction of sp³-hybridized carbons (Fsp3) is 0.238. The molecule has 0 aliphatic heterocycles. The number of halogens is 1. The third-order valence-electron chi connectivity index (χ3n) is 3.68. The molecular formula is C21H22ClNO6. The lowest BCUT2D eigenvalue weighted by Gasteiger charge is -2.09. The van der Waals surface area contributed by atoms with Gasteiger partial charge in [0.2, 0.25) is 0 Å². The fourth-order valence-corrected chi connectivity index (χ4v) is 2.61. The van der Waals surface area contributed by atoms with Crippen molar-refractivity contribution in [2.75, 3.05) is 32.8 Å². The van der Waals surface area contributed by atoms with Gasteiger partial charge in [-0.25, -0.2) is 4.79 Å². The smallest absolute Gasteiger partial charge is 0.331 e. The van der Waals surface area contributed by atoms with Gasteiger partial charge in [0.05, 0.1) is 25.8 Å². The maximum atomic E-state index is 11.9. The predicted molar refractivity (Wildman–Crippen MR) is 111 cm³/mol. The topological polar surface area (TPSA) is 83.1 Å². The Hall–Kier alpha value is -3.19. The molecule has 7 nitrogen and oxygen atoms in total. The summed E-state index contributed by atoms with van der Waals surface area (Å²) in [7, 11) is 3.05. The van der Waals surface area contributed by atoms with Gasteiger partial charge in [-0.2, -0.15) is 0 Å². The van der Waals surface area contributed by atoms with Gasteiger partial charge in [0.15, 0.2) is 18.1 Å². The lowest BCUT2D eigenvalue weighted by Crippen LogP contribution is -2.20. The van der Waals surface area contributed by atoms with Crippen LogP contribution in [-0.4, -0.2) is 39.3 Å². The Labute approximate surface area is 174 Å². The van der Waals surface area contributed by atoms with Crippen LogP contribution in [0.4, 0.5) is 5.69 Å². The summed E-state index contributed by atoms with van der Waals surface area (Å²) >= 11 is 6.00. The van der Waals surface area contributed by atoms with Crippen molar-refractivity contribution in [1.29, 1.82) is 0 Å². The summed E-state index contributed by atoms with van der Waals surface area (Å²) in [5, 5.41) is 2.94. The average molecular weight is 420 g/mol. The Balaban J connectivity index is 1.88. The molecule has 1 amide bonds. The summed E-state index contributed by atoms with van der Waals surface area (Å²) < 4.78 is 20.7. The Kier molecular flexibility index (Phi) is 8.36. The van der Waals surface area contributed by atoms with Gasteiger partial charge in [0.1, 0.15) is 5.75 Å². The van der Waals surface area contributed by atoms with Crippen molar-refractivity contribution in [2.24, 2.45) is 0 Å². The third-order valence-corrected chi connectivity index (χ3v) is 3.98. The first-order valence-electron chi connectivity index (χ1n) is 8.75. The first-order chi connectivity index (χ1) is 14.0. The first kappa shape index (κ1) is 22.1. The molecule has 2 aromatic rings. The largest absolute Gasteiger partial charge is 0.495 e. The van der Waals surface area contributed by atoms with Crippen molar-refractivity contribution in [1.82, 2.24) is 0 Å². The van der Waals surface area contributed by atoms with Crippen LogP contribution in [0.15, 0.2) is 42.5 Å². The van der Waals surface area contributed by atoms with E-state index in [2.05, 4.69) is 5.32 Å². The van der Waals surface area contributed by atoms with Gasteiger partial charge in [-0.05, 0) is 48.9 Å². The van der Waals surface area contributed by atoms with Gasteiger partial charge in [-0.3, -0.25) is 4.79 Å². The van der Waals surface area contributed by atoms with E-state index in [0.717, 1.165) is 5.56 Å². The number of anilines is 1. The molecule has 1 N–H and O–H groups in total. The second-order valence-corrected chi connectivity index (χ2v) is 6.09. The molecule has 0 saturated heterocycles. The van der Waals surface area contributed by atoms with Crippen molar-refractivity contribution >= 4 is 35.2 Å². The van der Waals surface area contributed by atoms with E-state index in [1.54, 1.807) is 49.6 Å². The van der Waals surface area contributed by atoms with E-state index < -0.39 is 18.5 Å². The first-order valence-corrected chi connectivity index (χ1v) is 9.13. The summed E-state index contributed by atoms with van der Waals surface area (Å²) in [5.74, 6) is 0.523. The van der Waals surface area contributed by atoms with E-state index in [1.807, 2.05) is 6.92 Å². The number of benzene rings is 2. The van der Waals surface area contributed by atoms with Crippen LogP contribution >= 0.6 is 11.6 Å². The molecule has 2 aromatic carbocycles. The minimum Gasteiger partial charge on any atom is -0.495 e. The van der Waals surface area contributed by atoms with E-state index in [4.69, 9.17) is 30.5 Å². The molecule has 8 heteroatoms. The molecule has 0 atom stereocenters. The third kappa shape index (κ3) is 6.73. The lowest BCUT2D eigenvalue weighted by molar-refractivity contribution is -0.142. The molecule has 0 saturated carbocycles. The average Bonchev–Trinajstić information content (AvgIpc) is 2.71. The minimum absolute atomic E-state index is 0.358. The van der Waals surface area contributed by atoms with Crippen LogP contribution in [0.5, 0.6) is 17.2 Å². The number of esters is 1. The summed E-state index contributed by atoms with van der Waals surface area (Å²) in [5.41, 5.74) is 1.19. The fourth-order valence-electron chi connectivity index (χ4n) is 2.36. The van der Waals surface area contributed by atoms with Crippen molar-refractivity contribution in [3.05, 3.63) is 53.1 Å². The van der Waals surface area contributed by atoms with Gasteiger partial charge in [-0.15, -0.1) is 0 Å². The predicted octanol–water partition coefficient (Wildman–Crippen LogP) is 3.95. The molecule has 0 aromatic heterocycles. The van der Waals surface area contributed by atoms with Crippen molar-refractivity contribution in [3.8, 4) is 17.2 Å². The van der Waals surface area contributed by atoms with E-state index in [9.17, 15) is 9.59 Å². The van der Waals surface area contributed by atoms with Crippen LogP contribution in [0.1, 0.15) is 12.5 Å². The highest BCUT2D eigenvalue weighted by atomic mass is 35.5. The van der Waals surface area contributed by atoms with E-state index in [-0.39, 0.29) is 0 Å². The van der Waals surface area contributed by atoms with Gasteiger partial charge in [0.25, 0.3) is 5.91 Å². The molecule has 0 unspecified atom stereocenters. The zero-order valence-corrected chi connectivity index (χ0v) is 17.1. The summed E-state index contributed by atoms with van der Waals surface area (Å²) in [6.07, 6.45) is 2.79. The Bertz CT molecular complexity index is 897. The molecule has 0 spiro atoms. The maximum absolute atomic E-state index is 11.9. The lowest BCUT2D eigenvalue weighted by atomic mass is 10.2. The molecule has 0 fully saturated rings. The highest BCUT2D eigenvalue weighted by Crippen LogP contribution is 2.29. The number of carbonyl (C=O) groups excluding carboxylic acids is 2. The Morgan fingerprint density at radius 2 is 1.76 bits per heavy atom. The maximum Gasteiger partial charge on any atom is 0.331 e. The quantitative estimate of drug-likeness (QED) is 0.489. The Morgan fingerprint density at radius 3 is 2.41 bits per heavy atom. The number of carbonyl (C=O) groups is 2. The van der Waals surface area contributed by atoms with Crippen molar-refractivity contribution in [3.63, 3.8) is 0 Å². The molecule has 29 heavy (non-hydrogen) atoms. The number of hydrogen-bond acceptors (Lipinski definition) is 6. The van der Waals surface area contributed by atoms with Crippen LogP contribution < -0.4 is 19.5 Å². The minimum atomic E-state index is -0.651. The van der Waals surface area contributed by atoms with Crippen LogP contribution in [0.2, 0.25) is 5.02 Å². The molecule has 154 valence electrons. The van der Waals surface area contributed by atoms with Gasteiger partial charge in [0, 0.05) is 11.8 Å². The standard InChI is InChI=1S/C21H22ClNO6/c1-4-28-19-11-14(5-8-18(19)27-3)6-10-21(25)29-13-20(24)23-15-7-9-17(26-2)16(22)12-15/h5-12H,4,13H2,1-3H3,(H,23,24)/b10-6+. The number of amides is 1. The molecule has 0 radical (unpaired) electrons. The highest BCUT2D eigenvalue weighted by molar-refractivity contribution is 6.32. The summed E-state index contributed by atoms with van der Waals surface area (Å²) in [6.45, 7) is 1.92. The molecule has 2 rings (SSSR count). The zero-order valence-electron chi connectivity index (χ0n) is 16.4. The van der Waals surface area contributed by atoms with Gasteiger partial charge in [-0.1, -0.05) is 17.7 Å². The van der Waals surface area contributed by atoms with Gasteiger partial charge >= 0.3 is 5.97 Å². The number of hydrogen-bond donors (Lipinski definition) is 1. The van der Waals surface area contributed by atoms with Gasteiger partial charge < -0.3 is 24.3 Å². The second-order valence-electron chi connectivity index (χ2n) is 5.68. The number of nitrogens with one attached hydrogen (secondary N) is 1. The van der Waals surface area contributed by atoms with Crippen LogP contribution in [0, 0.1) is 0 Å². The van der Waals surface area contributed by atoms with Crippen LogP contribution in [-0.2, 0) is 14.3 Å². The molecular weight excluding hydrogens is 398 g/mol. The number of methoxy groups -OCH3 is 2. The molecule has 0 aliphatic carbocycles. The van der Waals surface area contributed by atoms with E-state index in [1.165, 1.54) is 13.2 Å². The zero-order chi connectivity index (χ0) is 21.2. The number of ether oxygens (including phenoxy) is 4. The SMILES string of the molecule is CCOc1cc(/C=C/C(=O)OCC(=O)Nc2ccc(OC)c(Cl)c2)ccc1OC. The van der Waals surface area contributed by atoms with Crippen molar-refractivity contribution < 1.29 is 28.5 Å². The normalized spacial score (nSPS) is 10.5. The number of rotatable bonds is 9. The van der Waals surface area contributed by atoms with E-state index in [0.29, 0.717) is 34.6 Å². The van der Waals surface area contributed by atoms with E-state index >= 15 is 0 Å². The van der Waals surface area contributed by atoms with Crippen LogP contribution in [0.25, 0.3) is 6.08 Å². The van der Waals surface area contributed by atoms with Crippen LogP contribution in [0.3, 0.4) is 0 Å². The second kappa shape index (κ2) is 11.0. The Morgan fingerprint density at radius 1 is 1.03 bits per heavy atom. The van der Waals surface area contributed by atoms with Crippen molar-refractivity contribution in [2.45, 2.75) is 6.92 Å².